The third-order valence-corrected chi connectivity index (χ3v) is 4.55. The number of pyridine rings is 1. The molecule has 0 aliphatic rings. The molecule has 112 valence electrons. The Balaban J connectivity index is 2.15. The molecule has 0 amide bonds. The van der Waals surface area contributed by atoms with Crippen molar-refractivity contribution in [3.8, 4) is 0 Å². The first-order valence-electron chi connectivity index (χ1n) is 6.45. The van der Waals surface area contributed by atoms with E-state index in [1.165, 1.54) is 6.20 Å². The second-order valence-electron chi connectivity index (χ2n) is 4.36. The normalized spacial score (nSPS) is 11.3. The largest absolute Gasteiger partial charge is 0.384 e. The summed E-state index contributed by atoms with van der Waals surface area (Å²) in [6, 6.07) is 8.65. The Morgan fingerprint density at radius 3 is 2.71 bits per heavy atom. The first kappa shape index (κ1) is 15.8. The Labute approximate surface area is 129 Å². The van der Waals surface area contributed by atoms with Crippen LogP contribution < -0.4 is 10.0 Å². The van der Waals surface area contributed by atoms with Crippen LogP contribution in [0.4, 0.5) is 5.69 Å². The van der Waals surface area contributed by atoms with Gasteiger partial charge in [0.05, 0.1) is 11.9 Å². The van der Waals surface area contributed by atoms with Crippen molar-refractivity contribution in [1.82, 2.24) is 9.71 Å². The molecule has 2 rings (SSSR count). The third-order valence-electron chi connectivity index (χ3n) is 2.81. The molecule has 1 heterocycles. The zero-order chi connectivity index (χ0) is 15.3. The first-order valence-corrected chi connectivity index (χ1v) is 8.31. The van der Waals surface area contributed by atoms with Crippen LogP contribution in [0.3, 0.4) is 0 Å². The fourth-order valence-corrected chi connectivity index (χ4v) is 2.96. The van der Waals surface area contributed by atoms with Crippen LogP contribution in [-0.2, 0) is 16.6 Å². The highest BCUT2D eigenvalue weighted by atomic mass is 35.5. The molecule has 0 aliphatic heterocycles. The Hall–Kier alpha value is -1.63. The van der Waals surface area contributed by atoms with E-state index >= 15 is 0 Å². The standard InChI is InChI=1S/C14H16ClN3O2S/c1-2-17-12-7-13(10-16-9-12)21(19,20)18-8-11-5-3-4-6-14(11)15/h3-7,9-10,17-18H,2,8H2,1H3. The Morgan fingerprint density at radius 1 is 1.24 bits per heavy atom. The summed E-state index contributed by atoms with van der Waals surface area (Å²) in [6.45, 7) is 2.75. The molecule has 21 heavy (non-hydrogen) atoms. The minimum atomic E-state index is -3.63. The van der Waals surface area contributed by atoms with E-state index < -0.39 is 10.0 Å². The van der Waals surface area contributed by atoms with Gasteiger partial charge in [0.15, 0.2) is 0 Å². The van der Waals surface area contributed by atoms with Crippen LogP contribution in [0, 0.1) is 0 Å². The number of aromatic nitrogens is 1. The maximum absolute atomic E-state index is 12.3. The van der Waals surface area contributed by atoms with Crippen LogP contribution in [0.25, 0.3) is 0 Å². The molecule has 0 bridgehead atoms. The molecule has 0 fully saturated rings. The Bertz CT molecular complexity index is 720. The maximum atomic E-state index is 12.3. The Morgan fingerprint density at radius 2 is 2.00 bits per heavy atom. The molecule has 0 saturated heterocycles. The van der Waals surface area contributed by atoms with Gasteiger partial charge in [-0.1, -0.05) is 29.8 Å². The fraction of sp³-hybridized carbons (Fsp3) is 0.214. The van der Waals surface area contributed by atoms with E-state index in [0.717, 1.165) is 5.56 Å². The summed E-state index contributed by atoms with van der Waals surface area (Å²) in [5.41, 5.74) is 1.39. The molecule has 5 nitrogen and oxygen atoms in total. The summed E-state index contributed by atoms with van der Waals surface area (Å²) in [6.07, 6.45) is 2.90. The van der Waals surface area contributed by atoms with Gasteiger partial charge in [0.2, 0.25) is 10.0 Å². The number of benzene rings is 1. The predicted octanol–water partition coefficient (Wildman–Crippen LogP) is 2.65. The van der Waals surface area contributed by atoms with E-state index in [-0.39, 0.29) is 11.4 Å². The average molecular weight is 326 g/mol. The SMILES string of the molecule is CCNc1cncc(S(=O)(=O)NCc2ccccc2Cl)c1. The van der Waals surface area contributed by atoms with Crippen molar-refractivity contribution in [3.05, 3.63) is 53.3 Å². The molecule has 0 unspecified atom stereocenters. The monoisotopic (exact) mass is 325 g/mol. The van der Waals surface area contributed by atoms with Crippen LogP contribution in [0.5, 0.6) is 0 Å². The highest BCUT2D eigenvalue weighted by molar-refractivity contribution is 7.89. The quantitative estimate of drug-likeness (QED) is 0.856. The van der Waals surface area contributed by atoms with Gasteiger partial charge in [-0.05, 0) is 24.6 Å². The molecule has 7 heteroatoms. The highest BCUT2D eigenvalue weighted by Crippen LogP contribution is 2.17. The van der Waals surface area contributed by atoms with Gasteiger partial charge in [-0.2, -0.15) is 0 Å². The number of hydrogen-bond donors (Lipinski definition) is 2. The van der Waals surface area contributed by atoms with Crippen molar-refractivity contribution in [2.75, 3.05) is 11.9 Å². The molecule has 2 aromatic rings. The van der Waals surface area contributed by atoms with Crippen molar-refractivity contribution in [2.24, 2.45) is 0 Å². The van der Waals surface area contributed by atoms with E-state index in [0.29, 0.717) is 17.3 Å². The maximum Gasteiger partial charge on any atom is 0.242 e. The van der Waals surface area contributed by atoms with Gasteiger partial charge in [-0.3, -0.25) is 4.98 Å². The lowest BCUT2D eigenvalue weighted by atomic mass is 10.2. The van der Waals surface area contributed by atoms with Gasteiger partial charge in [-0.15, -0.1) is 0 Å². The second-order valence-corrected chi connectivity index (χ2v) is 6.53. The van der Waals surface area contributed by atoms with Gasteiger partial charge in [-0.25, -0.2) is 13.1 Å². The van der Waals surface area contributed by atoms with Crippen LogP contribution in [-0.4, -0.2) is 19.9 Å². The minimum absolute atomic E-state index is 0.119. The third kappa shape index (κ3) is 4.17. The highest BCUT2D eigenvalue weighted by Gasteiger charge is 2.15. The summed E-state index contributed by atoms with van der Waals surface area (Å²) < 4.78 is 27.0. The molecular weight excluding hydrogens is 310 g/mol. The van der Waals surface area contributed by atoms with Gasteiger partial charge in [0, 0.05) is 24.3 Å². The molecule has 2 N–H and O–H groups in total. The number of rotatable bonds is 6. The van der Waals surface area contributed by atoms with Crippen LogP contribution in [0.2, 0.25) is 5.02 Å². The summed E-state index contributed by atoms with van der Waals surface area (Å²) in [7, 11) is -3.63. The smallest absolute Gasteiger partial charge is 0.242 e. The van der Waals surface area contributed by atoms with Gasteiger partial charge >= 0.3 is 0 Å². The van der Waals surface area contributed by atoms with Crippen LogP contribution >= 0.6 is 11.6 Å². The van der Waals surface area contributed by atoms with Crippen molar-refractivity contribution < 1.29 is 8.42 Å². The molecule has 0 aliphatic carbocycles. The lowest BCUT2D eigenvalue weighted by Crippen LogP contribution is -2.23. The van der Waals surface area contributed by atoms with E-state index in [2.05, 4.69) is 15.0 Å². The zero-order valence-electron chi connectivity index (χ0n) is 11.5. The number of hydrogen-bond acceptors (Lipinski definition) is 4. The first-order chi connectivity index (χ1) is 10.0. The molecule has 0 spiro atoms. The van der Waals surface area contributed by atoms with Gasteiger partial charge in [0.1, 0.15) is 4.90 Å². The summed E-state index contributed by atoms with van der Waals surface area (Å²) in [5, 5.41) is 3.55. The molecule has 0 radical (unpaired) electrons. The van der Waals surface area contributed by atoms with Crippen molar-refractivity contribution in [3.63, 3.8) is 0 Å². The van der Waals surface area contributed by atoms with Crippen LogP contribution in [0.15, 0.2) is 47.6 Å². The number of nitrogens with zero attached hydrogens (tertiary/aromatic N) is 1. The van der Waals surface area contributed by atoms with E-state index in [9.17, 15) is 8.42 Å². The van der Waals surface area contributed by atoms with E-state index in [1.807, 2.05) is 13.0 Å². The fourth-order valence-electron chi connectivity index (χ4n) is 1.76. The predicted molar refractivity (Wildman–Crippen MR) is 83.9 cm³/mol. The summed E-state index contributed by atoms with van der Waals surface area (Å²) in [4.78, 5) is 4.05. The van der Waals surface area contributed by atoms with Crippen molar-refractivity contribution in [2.45, 2.75) is 18.4 Å². The molecular formula is C14H16ClN3O2S. The van der Waals surface area contributed by atoms with Crippen molar-refractivity contribution >= 4 is 27.3 Å². The number of anilines is 1. The van der Waals surface area contributed by atoms with E-state index in [1.54, 1.807) is 30.5 Å². The van der Waals surface area contributed by atoms with E-state index in [4.69, 9.17) is 11.6 Å². The second kappa shape index (κ2) is 6.89. The number of halogens is 1. The lowest BCUT2D eigenvalue weighted by Gasteiger charge is -2.09. The van der Waals surface area contributed by atoms with Crippen LogP contribution in [0.1, 0.15) is 12.5 Å². The molecule has 0 saturated carbocycles. The van der Waals surface area contributed by atoms with Gasteiger partial charge < -0.3 is 5.32 Å². The molecule has 1 aromatic heterocycles. The summed E-state index contributed by atoms with van der Waals surface area (Å²) >= 11 is 6.01. The number of nitrogens with one attached hydrogen (secondary N) is 2. The average Bonchev–Trinajstić information content (AvgIpc) is 2.47. The molecule has 1 aromatic carbocycles. The van der Waals surface area contributed by atoms with Gasteiger partial charge in [0.25, 0.3) is 0 Å². The minimum Gasteiger partial charge on any atom is -0.384 e. The number of sulfonamides is 1. The lowest BCUT2D eigenvalue weighted by molar-refractivity contribution is 0.581. The van der Waals surface area contributed by atoms with Crippen molar-refractivity contribution in [1.29, 1.82) is 0 Å². The molecule has 0 atom stereocenters. The Kier molecular flexibility index (Phi) is 5.17. The summed E-state index contributed by atoms with van der Waals surface area (Å²) in [5.74, 6) is 0. The zero-order valence-corrected chi connectivity index (χ0v) is 13.1. The topological polar surface area (TPSA) is 71.1 Å².